The number of benzene rings is 2. The summed E-state index contributed by atoms with van der Waals surface area (Å²) >= 11 is 1.57. The first-order valence-corrected chi connectivity index (χ1v) is 8.43. The molecular weight excluding hydrogens is 324 g/mol. The van der Waals surface area contributed by atoms with Crippen molar-refractivity contribution in [3.63, 3.8) is 0 Å². The van der Waals surface area contributed by atoms with Gasteiger partial charge < -0.3 is 10.0 Å². The standard InChI is InChI=1S/C18H14N2O3S/c21-16-9-11(18(22)23)10-20(16)14-7-3-1-5-12(14)17-19-13-6-2-4-8-15(13)24-17/h1-8,11H,9-10H2,(H,22,23). The van der Waals surface area contributed by atoms with Crippen LogP contribution >= 0.6 is 11.3 Å². The number of hydrogen-bond acceptors (Lipinski definition) is 4. The Morgan fingerprint density at radius 3 is 2.67 bits per heavy atom. The van der Waals surface area contributed by atoms with E-state index in [-0.39, 0.29) is 18.9 Å². The molecule has 1 aliphatic rings. The third-order valence-corrected chi connectivity index (χ3v) is 5.26. The van der Waals surface area contributed by atoms with Crippen LogP contribution in [0.3, 0.4) is 0 Å². The monoisotopic (exact) mass is 338 g/mol. The van der Waals surface area contributed by atoms with Crippen molar-refractivity contribution < 1.29 is 14.7 Å². The maximum atomic E-state index is 12.3. The molecule has 0 spiro atoms. The van der Waals surface area contributed by atoms with E-state index in [2.05, 4.69) is 4.98 Å². The summed E-state index contributed by atoms with van der Waals surface area (Å²) in [5, 5.41) is 10.0. The molecule has 0 saturated carbocycles. The largest absolute Gasteiger partial charge is 0.481 e. The molecule has 0 aliphatic carbocycles. The van der Waals surface area contributed by atoms with Gasteiger partial charge in [-0.25, -0.2) is 4.98 Å². The second-order valence-corrected chi connectivity index (χ2v) is 6.78. The molecule has 1 atom stereocenters. The van der Waals surface area contributed by atoms with Crippen molar-refractivity contribution >= 4 is 39.1 Å². The lowest BCUT2D eigenvalue weighted by Crippen LogP contribution is -2.26. The fraction of sp³-hybridized carbons (Fsp3) is 0.167. The van der Waals surface area contributed by atoms with Gasteiger partial charge in [0.15, 0.2) is 0 Å². The van der Waals surface area contributed by atoms with Crippen LogP contribution in [0.2, 0.25) is 0 Å². The molecule has 1 aliphatic heterocycles. The lowest BCUT2D eigenvalue weighted by molar-refractivity contribution is -0.141. The van der Waals surface area contributed by atoms with Crippen LogP contribution in [0.5, 0.6) is 0 Å². The minimum absolute atomic E-state index is 0.0452. The summed E-state index contributed by atoms with van der Waals surface area (Å²) in [7, 11) is 0. The van der Waals surface area contributed by atoms with Crippen molar-refractivity contribution in [2.75, 3.05) is 11.4 Å². The Labute approximate surface area is 142 Å². The van der Waals surface area contributed by atoms with Crippen LogP contribution in [0.4, 0.5) is 5.69 Å². The zero-order chi connectivity index (χ0) is 16.7. The predicted molar refractivity (Wildman–Crippen MR) is 93.2 cm³/mol. The minimum Gasteiger partial charge on any atom is -0.481 e. The van der Waals surface area contributed by atoms with Crippen molar-refractivity contribution in [3.05, 3.63) is 48.5 Å². The zero-order valence-electron chi connectivity index (χ0n) is 12.7. The Morgan fingerprint density at radius 2 is 1.92 bits per heavy atom. The van der Waals surface area contributed by atoms with Gasteiger partial charge in [-0.3, -0.25) is 9.59 Å². The highest BCUT2D eigenvalue weighted by Gasteiger charge is 2.36. The van der Waals surface area contributed by atoms with Gasteiger partial charge in [-0.1, -0.05) is 24.3 Å². The summed E-state index contributed by atoms with van der Waals surface area (Å²) < 4.78 is 1.08. The van der Waals surface area contributed by atoms with Crippen molar-refractivity contribution in [3.8, 4) is 10.6 Å². The number of nitrogens with zero attached hydrogens (tertiary/aromatic N) is 2. The molecule has 5 nitrogen and oxygen atoms in total. The Bertz CT molecular complexity index is 917. The van der Waals surface area contributed by atoms with Gasteiger partial charge in [-0.2, -0.15) is 0 Å². The van der Waals surface area contributed by atoms with E-state index in [1.165, 1.54) is 0 Å². The van der Waals surface area contributed by atoms with E-state index in [1.807, 2.05) is 48.5 Å². The molecule has 120 valence electrons. The fourth-order valence-corrected chi connectivity index (χ4v) is 3.98. The first kappa shape index (κ1) is 14.8. The fourth-order valence-electron chi connectivity index (χ4n) is 2.98. The van der Waals surface area contributed by atoms with Gasteiger partial charge in [0.1, 0.15) is 5.01 Å². The average molecular weight is 338 g/mol. The van der Waals surface area contributed by atoms with Crippen molar-refractivity contribution in [1.29, 1.82) is 0 Å². The topological polar surface area (TPSA) is 70.5 Å². The first-order valence-electron chi connectivity index (χ1n) is 7.61. The second-order valence-electron chi connectivity index (χ2n) is 5.75. The summed E-state index contributed by atoms with van der Waals surface area (Å²) in [6.45, 7) is 0.204. The van der Waals surface area contributed by atoms with E-state index in [0.29, 0.717) is 0 Å². The Hall–Kier alpha value is -2.73. The summed E-state index contributed by atoms with van der Waals surface area (Å²) in [6, 6.07) is 15.4. The van der Waals surface area contributed by atoms with Crippen molar-refractivity contribution in [2.45, 2.75) is 6.42 Å². The molecular formula is C18H14N2O3S. The number of aliphatic carboxylic acids is 1. The number of fused-ring (bicyclic) bond motifs is 1. The summed E-state index contributed by atoms with van der Waals surface area (Å²) in [4.78, 5) is 29.7. The van der Waals surface area contributed by atoms with Gasteiger partial charge in [0, 0.05) is 18.5 Å². The number of carboxylic acids is 1. The Balaban J connectivity index is 1.78. The molecule has 1 unspecified atom stereocenters. The third kappa shape index (κ3) is 2.45. The van der Waals surface area contributed by atoms with Crippen LogP contribution in [0.1, 0.15) is 6.42 Å². The van der Waals surface area contributed by atoms with Crippen LogP contribution in [0, 0.1) is 5.92 Å². The molecule has 0 bridgehead atoms. The minimum atomic E-state index is -0.927. The maximum absolute atomic E-state index is 12.3. The molecule has 1 amide bonds. The van der Waals surface area contributed by atoms with E-state index < -0.39 is 11.9 Å². The number of carboxylic acid groups (broad SMARTS) is 1. The van der Waals surface area contributed by atoms with Crippen LogP contribution in [-0.4, -0.2) is 28.5 Å². The summed E-state index contributed by atoms with van der Waals surface area (Å²) in [6.07, 6.45) is 0.0452. The lowest BCUT2D eigenvalue weighted by Gasteiger charge is -2.19. The third-order valence-electron chi connectivity index (χ3n) is 4.19. The normalized spacial score (nSPS) is 17.6. The zero-order valence-corrected chi connectivity index (χ0v) is 13.5. The Morgan fingerprint density at radius 1 is 1.17 bits per heavy atom. The van der Waals surface area contributed by atoms with Crippen LogP contribution in [-0.2, 0) is 9.59 Å². The molecule has 3 aromatic rings. The van der Waals surface area contributed by atoms with Crippen LogP contribution in [0.15, 0.2) is 48.5 Å². The molecule has 1 N–H and O–H groups in total. The van der Waals surface area contributed by atoms with Gasteiger partial charge in [0.2, 0.25) is 5.91 Å². The van der Waals surface area contributed by atoms with Gasteiger partial charge >= 0.3 is 5.97 Å². The summed E-state index contributed by atoms with van der Waals surface area (Å²) in [5.41, 5.74) is 2.51. The van der Waals surface area contributed by atoms with Crippen molar-refractivity contribution in [1.82, 2.24) is 4.98 Å². The van der Waals surface area contributed by atoms with Gasteiger partial charge in [0.25, 0.3) is 0 Å². The van der Waals surface area contributed by atoms with Gasteiger partial charge in [-0.05, 0) is 24.3 Å². The Kier molecular flexibility index (Phi) is 3.54. The van der Waals surface area contributed by atoms with Gasteiger partial charge in [0.05, 0.1) is 21.8 Å². The molecule has 2 heterocycles. The second kappa shape index (κ2) is 5.72. The average Bonchev–Trinajstić information content (AvgIpc) is 3.18. The number of anilines is 1. The molecule has 1 saturated heterocycles. The summed E-state index contributed by atoms with van der Waals surface area (Å²) in [5.74, 6) is -1.74. The number of carbonyl (C=O) groups is 2. The molecule has 24 heavy (non-hydrogen) atoms. The van der Waals surface area contributed by atoms with Gasteiger partial charge in [-0.15, -0.1) is 11.3 Å². The molecule has 4 rings (SSSR count). The first-order chi connectivity index (χ1) is 11.6. The number of thiazole rings is 1. The highest BCUT2D eigenvalue weighted by Crippen LogP contribution is 2.38. The molecule has 1 fully saturated rings. The SMILES string of the molecule is O=C(O)C1CC(=O)N(c2ccccc2-c2nc3ccccc3s2)C1. The van der Waals surface area contributed by atoms with E-state index in [4.69, 9.17) is 0 Å². The number of amides is 1. The predicted octanol–water partition coefficient (Wildman–Crippen LogP) is 3.40. The molecule has 1 aromatic heterocycles. The number of hydrogen-bond donors (Lipinski definition) is 1. The highest BCUT2D eigenvalue weighted by atomic mass is 32.1. The van der Waals surface area contributed by atoms with Crippen molar-refractivity contribution in [2.24, 2.45) is 5.92 Å². The van der Waals surface area contributed by atoms with E-state index >= 15 is 0 Å². The lowest BCUT2D eigenvalue weighted by atomic mass is 10.1. The maximum Gasteiger partial charge on any atom is 0.308 e. The highest BCUT2D eigenvalue weighted by molar-refractivity contribution is 7.21. The smallest absolute Gasteiger partial charge is 0.308 e. The number of para-hydroxylation sites is 2. The van der Waals surface area contributed by atoms with E-state index in [0.717, 1.165) is 26.5 Å². The van der Waals surface area contributed by atoms with Crippen LogP contribution in [0.25, 0.3) is 20.8 Å². The quantitative estimate of drug-likeness (QED) is 0.794. The molecule has 2 aromatic carbocycles. The number of rotatable bonds is 3. The van der Waals surface area contributed by atoms with Crippen LogP contribution < -0.4 is 4.90 Å². The number of carbonyl (C=O) groups excluding carboxylic acids is 1. The van der Waals surface area contributed by atoms with E-state index in [9.17, 15) is 14.7 Å². The molecule has 0 radical (unpaired) electrons. The van der Waals surface area contributed by atoms with E-state index in [1.54, 1.807) is 16.2 Å². The molecule has 6 heteroatoms. The number of aromatic nitrogens is 1.